The second kappa shape index (κ2) is 8.75. The van der Waals surface area contributed by atoms with E-state index in [2.05, 4.69) is 13.8 Å². The van der Waals surface area contributed by atoms with E-state index in [-0.39, 0.29) is 35.6 Å². The lowest BCUT2D eigenvalue weighted by Gasteiger charge is -2.60. The Morgan fingerprint density at radius 3 is 2.46 bits per heavy atom. The summed E-state index contributed by atoms with van der Waals surface area (Å²) in [5.41, 5.74) is -2.74. The number of aliphatic hydroxyl groups is 2. The zero-order chi connectivity index (χ0) is 27.0. The molecule has 0 amide bonds. The molecule has 0 heterocycles. The van der Waals surface area contributed by atoms with Gasteiger partial charge >= 0.3 is 5.97 Å². The van der Waals surface area contributed by atoms with Crippen molar-refractivity contribution in [3.05, 3.63) is 42.0 Å². The van der Waals surface area contributed by atoms with Gasteiger partial charge in [0, 0.05) is 18.1 Å². The van der Waals surface area contributed by atoms with E-state index in [0.717, 1.165) is 12.0 Å². The molecule has 2 N–H and O–H groups in total. The van der Waals surface area contributed by atoms with Gasteiger partial charge in [-0.15, -0.1) is 0 Å². The van der Waals surface area contributed by atoms with Crippen molar-refractivity contribution in [2.24, 2.45) is 39.9 Å². The maximum absolute atomic E-state index is 14.5. The fourth-order valence-electron chi connectivity index (χ4n) is 8.62. The van der Waals surface area contributed by atoms with Crippen molar-refractivity contribution in [3.8, 4) is 0 Å². The van der Waals surface area contributed by atoms with Crippen LogP contribution in [0.15, 0.2) is 36.4 Å². The molecule has 6 heteroatoms. The number of ketones is 1. The lowest BCUT2D eigenvalue weighted by Crippen LogP contribution is -2.72. The lowest BCUT2D eigenvalue weighted by atomic mass is 9.46. The standard InChI is InChI=1S/C31H42O6/c1-7-36-26-22-20(28(22,3)4)15-16-29(5)25(33)23-24(18(2)17-31(23,35)27(34)30(26,29)6)37-21(32)14-13-19-11-9-8-10-12-19/h8-14,18,20,22-26,33,35H,7,15-17H2,1-6H3/t18-,20-,22-,23+,24-,25+,26+,29-,30+,31+/m0/s1. The Kier molecular flexibility index (Phi) is 6.29. The summed E-state index contributed by atoms with van der Waals surface area (Å²) in [5.74, 6) is -1.36. The molecule has 202 valence electrons. The molecule has 4 saturated carbocycles. The van der Waals surface area contributed by atoms with Gasteiger partial charge in [-0.1, -0.05) is 58.0 Å². The number of carbonyl (C=O) groups excluding carboxylic acids is 2. The molecule has 0 aromatic heterocycles. The summed E-state index contributed by atoms with van der Waals surface area (Å²) in [6.45, 7) is 12.6. The third kappa shape index (κ3) is 3.62. The minimum Gasteiger partial charge on any atom is -0.458 e. The van der Waals surface area contributed by atoms with Crippen molar-refractivity contribution in [2.75, 3.05) is 6.61 Å². The number of hydrogen-bond acceptors (Lipinski definition) is 6. The first-order valence-electron chi connectivity index (χ1n) is 13.8. The van der Waals surface area contributed by atoms with Crippen molar-refractivity contribution in [1.82, 2.24) is 0 Å². The van der Waals surface area contributed by atoms with E-state index in [1.165, 1.54) is 6.08 Å². The minimum absolute atomic E-state index is 0.0565. The SMILES string of the molecule is CCO[C@@H]1[C@@H]2[C@H](CC[C@@]3(C)[C@H](O)[C@H]4[C@@H](OC(=O)C=Cc5ccccc5)[C@@H](C)C[C@]4(O)C(=O)[C@@]13C)C2(C)C. The van der Waals surface area contributed by atoms with Gasteiger partial charge in [-0.25, -0.2) is 4.79 Å². The molecule has 4 fully saturated rings. The average Bonchev–Trinajstić information content (AvgIpc) is 3.33. The number of carbonyl (C=O) groups is 2. The molecule has 0 bridgehead atoms. The van der Waals surface area contributed by atoms with Crippen molar-refractivity contribution < 1.29 is 29.3 Å². The first-order valence-corrected chi connectivity index (χ1v) is 13.8. The fraction of sp³-hybridized carbons (Fsp3) is 0.677. The zero-order valence-electron chi connectivity index (χ0n) is 22.9. The molecule has 37 heavy (non-hydrogen) atoms. The van der Waals surface area contributed by atoms with Crippen LogP contribution in [0.1, 0.15) is 66.4 Å². The molecule has 10 atom stereocenters. The molecule has 0 aliphatic heterocycles. The van der Waals surface area contributed by atoms with E-state index >= 15 is 0 Å². The van der Waals surface area contributed by atoms with Crippen LogP contribution in [0.5, 0.6) is 0 Å². The third-order valence-corrected chi connectivity index (χ3v) is 11.0. The second-order valence-corrected chi connectivity index (χ2v) is 13.0. The average molecular weight is 511 g/mol. The summed E-state index contributed by atoms with van der Waals surface area (Å²) in [6, 6.07) is 9.45. The lowest BCUT2D eigenvalue weighted by molar-refractivity contribution is -0.235. The number of esters is 1. The van der Waals surface area contributed by atoms with Gasteiger partial charge in [-0.05, 0) is 67.9 Å². The van der Waals surface area contributed by atoms with E-state index in [0.29, 0.717) is 18.9 Å². The van der Waals surface area contributed by atoms with Gasteiger partial charge in [0.25, 0.3) is 0 Å². The number of Topliss-reactive ketones (excluding diaryl/α,β-unsaturated/α-hetero) is 1. The van der Waals surface area contributed by atoms with Crippen LogP contribution in [0.2, 0.25) is 0 Å². The molecular weight excluding hydrogens is 468 g/mol. The molecule has 0 spiro atoms. The normalized spacial score (nSPS) is 46.1. The number of aliphatic hydroxyl groups excluding tert-OH is 1. The van der Waals surface area contributed by atoms with Gasteiger partial charge in [-0.3, -0.25) is 4.79 Å². The summed E-state index contributed by atoms with van der Waals surface area (Å²) < 4.78 is 12.3. The summed E-state index contributed by atoms with van der Waals surface area (Å²) in [7, 11) is 0. The van der Waals surface area contributed by atoms with Crippen molar-refractivity contribution in [3.63, 3.8) is 0 Å². The highest BCUT2D eigenvalue weighted by Gasteiger charge is 2.79. The van der Waals surface area contributed by atoms with Gasteiger partial charge in [0.15, 0.2) is 5.78 Å². The molecule has 1 aromatic carbocycles. The first kappa shape index (κ1) is 26.6. The van der Waals surface area contributed by atoms with Crippen LogP contribution >= 0.6 is 0 Å². The fourth-order valence-corrected chi connectivity index (χ4v) is 8.62. The molecule has 0 radical (unpaired) electrons. The van der Waals surface area contributed by atoms with E-state index in [9.17, 15) is 19.8 Å². The van der Waals surface area contributed by atoms with E-state index < -0.39 is 40.5 Å². The Morgan fingerprint density at radius 1 is 1.14 bits per heavy atom. The number of benzene rings is 1. The monoisotopic (exact) mass is 510 g/mol. The maximum atomic E-state index is 14.5. The second-order valence-electron chi connectivity index (χ2n) is 13.0. The third-order valence-electron chi connectivity index (χ3n) is 11.0. The Bertz CT molecular complexity index is 1100. The van der Waals surface area contributed by atoms with Crippen LogP contribution in [0.3, 0.4) is 0 Å². The van der Waals surface area contributed by atoms with Gasteiger partial charge in [0.1, 0.15) is 11.7 Å². The summed E-state index contributed by atoms with van der Waals surface area (Å²) in [4.78, 5) is 27.4. The van der Waals surface area contributed by atoms with Crippen LogP contribution in [0, 0.1) is 39.9 Å². The van der Waals surface area contributed by atoms with E-state index in [1.807, 2.05) is 58.0 Å². The molecule has 0 unspecified atom stereocenters. The van der Waals surface area contributed by atoms with Gasteiger partial charge in [0.2, 0.25) is 0 Å². The highest BCUT2D eigenvalue weighted by molar-refractivity contribution is 5.96. The van der Waals surface area contributed by atoms with Gasteiger partial charge in [-0.2, -0.15) is 0 Å². The number of ether oxygens (including phenoxy) is 2. The van der Waals surface area contributed by atoms with Crippen LogP contribution in [-0.2, 0) is 19.1 Å². The molecule has 0 saturated heterocycles. The molecule has 1 aromatic rings. The van der Waals surface area contributed by atoms with Crippen LogP contribution in [-0.4, -0.2) is 52.5 Å². The highest BCUT2D eigenvalue weighted by Crippen LogP contribution is 2.73. The van der Waals surface area contributed by atoms with Gasteiger partial charge < -0.3 is 19.7 Å². The largest absolute Gasteiger partial charge is 0.458 e. The summed E-state index contributed by atoms with van der Waals surface area (Å²) in [5, 5.41) is 24.1. The molecule has 6 nitrogen and oxygen atoms in total. The predicted molar refractivity (Wildman–Crippen MR) is 140 cm³/mol. The quantitative estimate of drug-likeness (QED) is 0.450. The highest BCUT2D eigenvalue weighted by atomic mass is 16.5. The molecule has 4 aliphatic rings. The number of hydrogen-bond donors (Lipinski definition) is 2. The Balaban J connectivity index is 1.49. The van der Waals surface area contributed by atoms with Crippen molar-refractivity contribution in [2.45, 2.75) is 84.7 Å². The van der Waals surface area contributed by atoms with Crippen LogP contribution < -0.4 is 0 Å². The van der Waals surface area contributed by atoms with Crippen LogP contribution in [0.25, 0.3) is 6.08 Å². The Hall–Kier alpha value is -2.02. The molecule has 5 rings (SSSR count). The van der Waals surface area contributed by atoms with E-state index in [1.54, 1.807) is 6.08 Å². The van der Waals surface area contributed by atoms with Crippen molar-refractivity contribution in [1.29, 1.82) is 0 Å². The van der Waals surface area contributed by atoms with Gasteiger partial charge in [0.05, 0.1) is 23.5 Å². The number of rotatable bonds is 5. The zero-order valence-corrected chi connectivity index (χ0v) is 22.9. The Morgan fingerprint density at radius 2 is 1.81 bits per heavy atom. The topological polar surface area (TPSA) is 93.1 Å². The van der Waals surface area contributed by atoms with Crippen LogP contribution in [0.4, 0.5) is 0 Å². The maximum Gasteiger partial charge on any atom is 0.331 e. The Labute approximate surface area is 220 Å². The molecule has 4 aliphatic carbocycles. The minimum atomic E-state index is -1.78. The van der Waals surface area contributed by atoms with E-state index in [4.69, 9.17) is 9.47 Å². The summed E-state index contributed by atoms with van der Waals surface area (Å²) in [6.07, 6.45) is 2.57. The van der Waals surface area contributed by atoms with Crippen molar-refractivity contribution >= 4 is 17.8 Å². The smallest absolute Gasteiger partial charge is 0.331 e. The first-order chi connectivity index (χ1) is 17.3. The molecular formula is C31H42O6. The number of fused-ring (bicyclic) bond motifs is 3. The summed E-state index contributed by atoms with van der Waals surface area (Å²) >= 11 is 0. The predicted octanol–water partition coefficient (Wildman–Crippen LogP) is 4.43.